The van der Waals surface area contributed by atoms with Crippen LogP contribution in [0.2, 0.25) is 5.02 Å². The summed E-state index contributed by atoms with van der Waals surface area (Å²) in [4.78, 5) is 12.4. The average Bonchev–Trinajstić information content (AvgIpc) is 2.75. The fraction of sp³-hybridized carbons (Fsp3) is 0.458. The Balaban J connectivity index is 1.54. The Morgan fingerprint density at radius 3 is 2.41 bits per heavy atom. The van der Waals surface area contributed by atoms with E-state index in [9.17, 15) is 4.79 Å². The van der Waals surface area contributed by atoms with Gasteiger partial charge in [-0.05, 0) is 68.1 Å². The van der Waals surface area contributed by atoms with Crippen molar-refractivity contribution in [2.24, 2.45) is 5.92 Å². The Kier molecular flexibility index (Phi) is 8.24. The van der Waals surface area contributed by atoms with Gasteiger partial charge in [-0.15, -0.1) is 0 Å². The molecular formula is C24H30ClNO3. The highest BCUT2D eigenvalue weighted by atomic mass is 35.5. The van der Waals surface area contributed by atoms with Gasteiger partial charge in [0.15, 0.2) is 6.10 Å². The molecular weight excluding hydrogens is 386 g/mol. The smallest absolute Gasteiger partial charge is 0.347 e. The number of carbonyl (C=O) groups is 1. The van der Waals surface area contributed by atoms with E-state index >= 15 is 0 Å². The summed E-state index contributed by atoms with van der Waals surface area (Å²) in [5.41, 5.74) is 2.27. The largest absolute Gasteiger partial charge is 0.478 e. The summed E-state index contributed by atoms with van der Waals surface area (Å²) in [6.07, 6.45) is 5.99. The third-order valence-electron chi connectivity index (χ3n) is 5.37. The molecule has 2 aromatic carbocycles. The van der Waals surface area contributed by atoms with Gasteiger partial charge in [-0.25, -0.2) is 4.79 Å². The van der Waals surface area contributed by atoms with E-state index in [-0.39, 0.29) is 11.9 Å². The third-order valence-corrected chi connectivity index (χ3v) is 5.62. The molecule has 0 amide bonds. The summed E-state index contributed by atoms with van der Waals surface area (Å²) in [5, 5.41) is 4.12. The molecule has 2 aromatic rings. The van der Waals surface area contributed by atoms with Gasteiger partial charge in [0.25, 0.3) is 0 Å². The van der Waals surface area contributed by atoms with Crippen molar-refractivity contribution in [2.75, 3.05) is 18.5 Å². The van der Waals surface area contributed by atoms with E-state index in [4.69, 9.17) is 21.1 Å². The van der Waals surface area contributed by atoms with Crippen LogP contribution in [0, 0.1) is 5.92 Å². The van der Waals surface area contributed by atoms with E-state index in [2.05, 4.69) is 17.4 Å². The minimum absolute atomic E-state index is 0.240. The highest BCUT2D eigenvalue weighted by Crippen LogP contribution is 2.30. The SMILES string of the molecule is CCOC(=O)C(Oc1ccc(CCNc2ccc(Cl)cc2)cc1)C1CCCCC1. The molecule has 0 aliphatic heterocycles. The molecule has 0 radical (unpaired) electrons. The van der Waals surface area contributed by atoms with Crippen molar-refractivity contribution < 1.29 is 14.3 Å². The van der Waals surface area contributed by atoms with Crippen molar-refractivity contribution >= 4 is 23.3 Å². The zero-order chi connectivity index (χ0) is 20.5. The molecule has 29 heavy (non-hydrogen) atoms. The van der Waals surface area contributed by atoms with Gasteiger partial charge < -0.3 is 14.8 Å². The first kappa shape index (κ1) is 21.5. The highest BCUT2D eigenvalue weighted by Gasteiger charge is 2.32. The quantitative estimate of drug-likeness (QED) is 0.519. The van der Waals surface area contributed by atoms with Crippen LogP contribution in [-0.2, 0) is 16.0 Å². The lowest BCUT2D eigenvalue weighted by atomic mass is 9.85. The number of hydrogen-bond donors (Lipinski definition) is 1. The first-order valence-corrected chi connectivity index (χ1v) is 10.9. The number of anilines is 1. The first-order valence-electron chi connectivity index (χ1n) is 10.6. The lowest BCUT2D eigenvalue weighted by molar-refractivity contribution is -0.154. The van der Waals surface area contributed by atoms with Crippen molar-refractivity contribution in [1.29, 1.82) is 0 Å². The van der Waals surface area contributed by atoms with Crippen LogP contribution >= 0.6 is 11.6 Å². The van der Waals surface area contributed by atoms with Crippen LogP contribution in [0.1, 0.15) is 44.6 Å². The summed E-state index contributed by atoms with van der Waals surface area (Å²) in [7, 11) is 0. The molecule has 0 heterocycles. The van der Waals surface area contributed by atoms with E-state index in [1.165, 1.54) is 12.0 Å². The number of ether oxygens (including phenoxy) is 2. The number of nitrogens with one attached hydrogen (secondary N) is 1. The summed E-state index contributed by atoms with van der Waals surface area (Å²) in [6, 6.07) is 15.7. The van der Waals surface area contributed by atoms with E-state index in [0.29, 0.717) is 6.61 Å². The van der Waals surface area contributed by atoms with Gasteiger partial charge in [0.1, 0.15) is 5.75 Å². The molecule has 0 spiro atoms. The number of halogens is 1. The van der Waals surface area contributed by atoms with Crippen molar-refractivity contribution in [1.82, 2.24) is 0 Å². The van der Waals surface area contributed by atoms with Crippen molar-refractivity contribution in [2.45, 2.75) is 51.6 Å². The average molecular weight is 416 g/mol. The lowest BCUT2D eigenvalue weighted by Crippen LogP contribution is -2.37. The summed E-state index contributed by atoms with van der Waals surface area (Å²) < 4.78 is 11.4. The zero-order valence-electron chi connectivity index (χ0n) is 17.0. The Hall–Kier alpha value is -2.20. The zero-order valence-corrected chi connectivity index (χ0v) is 17.8. The molecule has 1 N–H and O–H groups in total. The van der Waals surface area contributed by atoms with Crippen LogP contribution in [0.5, 0.6) is 5.75 Å². The maximum Gasteiger partial charge on any atom is 0.347 e. The maximum atomic E-state index is 12.4. The standard InChI is InChI=1S/C24H30ClNO3/c1-2-28-24(27)23(19-6-4-3-5-7-19)29-22-14-8-18(9-15-22)16-17-26-21-12-10-20(25)11-13-21/h8-15,19,23,26H,2-7,16-17H2,1H3. The number of benzene rings is 2. The molecule has 5 heteroatoms. The van der Waals surface area contributed by atoms with Gasteiger partial charge in [-0.2, -0.15) is 0 Å². The Morgan fingerprint density at radius 2 is 1.76 bits per heavy atom. The Labute approximate surface area is 178 Å². The summed E-state index contributed by atoms with van der Waals surface area (Å²) in [5.74, 6) is 0.727. The van der Waals surface area contributed by atoms with Crippen LogP contribution in [-0.4, -0.2) is 25.2 Å². The van der Waals surface area contributed by atoms with Gasteiger partial charge in [-0.1, -0.05) is 43.0 Å². The molecule has 1 saturated carbocycles. The Bertz CT molecular complexity index is 755. The van der Waals surface area contributed by atoms with Crippen LogP contribution in [0.3, 0.4) is 0 Å². The number of rotatable bonds is 9. The van der Waals surface area contributed by atoms with E-state index < -0.39 is 6.10 Å². The van der Waals surface area contributed by atoms with Crippen molar-refractivity contribution in [3.8, 4) is 5.75 Å². The van der Waals surface area contributed by atoms with E-state index in [1.54, 1.807) is 0 Å². The molecule has 1 aliphatic carbocycles. The molecule has 1 atom stereocenters. The van der Waals surface area contributed by atoms with Gasteiger partial charge in [-0.3, -0.25) is 0 Å². The molecule has 1 aliphatic rings. The molecule has 156 valence electrons. The summed E-state index contributed by atoms with van der Waals surface area (Å²) >= 11 is 5.91. The van der Waals surface area contributed by atoms with Crippen molar-refractivity contribution in [3.63, 3.8) is 0 Å². The molecule has 4 nitrogen and oxygen atoms in total. The monoisotopic (exact) mass is 415 g/mol. The van der Waals surface area contributed by atoms with E-state index in [1.807, 2.05) is 43.3 Å². The maximum absolute atomic E-state index is 12.4. The second kappa shape index (κ2) is 11.1. The molecule has 3 rings (SSSR count). The number of hydrogen-bond acceptors (Lipinski definition) is 4. The van der Waals surface area contributed by atoms with Crippen LogP contribution in [0.15, 0.2) is 48.5 Å². The molecule has 1 unspecified atom stereocenters. The van der Waals surface area contributed by atoms with E-state index in [0.717, 1.165) is 55.1 Å². The molecule has 1 fully saturated rings. The number of esters is 1. The normalized spacial score (nSPS) is 15.5. The predicted molar refractivity (Wildman–Crippen MR) is 118 cm³/mol. The lowest BCUT2D eigenvalue weighted by Gasteiger charge is -2.29. The van der Waals surface area contributed by atoms with Crippen LogP contribution in [0.4, 0.5) is 5.69 Å². The topological polar surface area (TPSA) is 47.6 Å². The van der Waals surface area contributed by atoms with Gasteiger partial charge >= 0.3 is 5.97 Å². The van der Waals surface area contributed by atoms with Gasteiger partial charge in [0.05, 0.1) is 6.61 Å². The molecule has 0 aromatic heterocycles. The van der Waals surface area contributed by atoms with Crippen molar-refractivity contribution in [3.05, 3.63) is 59.1 Å². The second-order valence-electron chi connectivity index (χ2n) is 7.52. The fourth-order valence-electron chi connectivity index (χ4n) is 3.80. The first-order chi connectivity index (χ1) is 14.2. The van der Waals surface area contributed by atoms with Gasteiger partial charge in [0, 0.05) is 23.2 Å². The fourth-order valence-corrected chi connectivity index (χ4v) is 3.92. The predicted octanol–water partition coefficient (Wildman–Crippen LogP) is 5.89. The second-order valence-corrected chi connectivity index (χ2v) is 7.95. The highest BCUT2D eigenvalue weighted by molar-refractivity contribution is 6.30. The minimum atomic E-state index is -0.507. The molecule has 0 saturated heterocycles. The summed E-state index contributed by atoms with van der Waals surface area (Å²) in [6.45, 7) is 3.04. The van der Waals surface area contributed by atoms with Gasteiger partial charge in [0.2, 0.25) is 0 Å². The van der Waals surface area contributed by atoms with Crippen LogP contribution < -0.4 is 10.1 Å². The third kappa shape index (κ3) is 6.67. The minimum Gasteiger partial charge on any atom is -0.478 e. The Morgan fingerprint density at radius 1 is 1.07 bits per heavy atom. The molecule has 0 bridgehead atoms. The number of carbonyl (C=O) groups excluding carboxylic acids is 1. The van der Waals surface area contributed by atoms with Crippen LogP contribution in [0.25, 0.3) is 0 Å².